The van der Waals surface area contributed by atoms with E-state index in [-0.39, 0.29) is 17.8 Å². The highest BCUT2D eigenvalue weighted by Crippen LogP contribution is 2.24. The monoisotopic (exact) mass is 273 g/mol. The number of rotatable bonds is 8. The number of esters is 1. The van der Waals surface area contributed by atoms with E-state index in [9.17, 15) is 9.90 Å². The van der Waals surface area contributed by atoms with Gasteiger partial charge in [-0.2, -0.15) is 0 Å². The SMILES string of the molecule is CCCCOCC(O)CN1CC(C)C(C(=O)OC)C1. The summed E-state index contributed by atoms with van der Waals surface area (Å²) in [7, 11) is 1.42. The van der Waals surface area contributed by atoms with Crippen molar-refractivity contribution in [1.29, 1.82) is 0 Å². The van der Waals surface area contributed by atoms with E-state index in [1.807, 2.05) is 6.92 Å². The molecule has 0 aromatic heterocycles. The van der Waals surface area contributed by atoms with Crippen LogP contribution in [-0.4, -0.2) is 62.0 Å². The van der Waals surface area contributed by atoms with Gasteiger partial charge in [0.1, 0.15) is 0 Å². The van der Waals surface area contributed by atoms with Gasteiger partial charge in [-0.1, -0.05) is 20.3 Å². The third kappa shape index (κ3) is 5.47. The van der Waals surface area contributed by atoms with Gasteiger partial charge < -0.3 is 14.6 Å². The first-order valence-corrected chi connectivity index (χ1v) is 7.14. The zero-order chi connectivity index (χ0) is 14.3. The Balaban J connectivity index is 2.24. The zero-order valence-corrected chi connectivity index (χ0v) is 12.3. The number of carbonyl (C=O) groups excluding carboxylic acids is 1. The second-order valence-electron chi connectivity index (χ2n) is 5.41. The molecule has 0 amide bonds. The zero-order valence-electron chi connectivity index (χ0n) is 12.3. The fourth-order valence-electron chi connectivity index (χ4n) is 2.49. The van der Waals surface area contributed by atoms with Crippen molar-refractivity contribution < 1.29 is 19.4 Å². The molecule has 0 aromatic rings. The van der Waals surface area contributed by atoms with Crippen LogP contribution in [0.1, 0.15) is 26.7 Å². The summed E-state index contributed by atoms with van der Waals surface area (Å²) in [6.07, 6.45) is 1.64. The summed E-state index contributed by atoms with van der Waals surface area (Å²) in [6, 6.07) is 0. The van der Waals surface area contributed by atoms with E-state index in [4.69, 9.17) is 9.47 Å². The van der Waals surface area contributed by atoms with Crippen LogP contribution in [0.25, 0.3) is 0 Å². The predicted molar refractivity (Wildman–Crippen MR) is 72.8 cm³/mol. The smallest absolute Gasteiger partial charge is 0.310 e. The number of aliphatic hydroxyl groups is 1. The Bertz CT molecular complexity index is 272. The first-order chi connectivity index (χ1) is 9.08. The number of carbonyl (C=O) groups is 1. The van der Waals surface area contributed by atoms with Crippen LogP contribution in [0, 0.1) is 11.8 Å². The highest BCUT2D eigenvalue weighted by Gasteiger charge is 2.35. The molecule has 0 bridgehead atoms. The highest BCUT2D eigenvalue weighted by molar-refractivity contribution is 5.73. The second-order valence-corrected chi connectivity index (χ2v) is 5.41. The molecule has 19 heavy (non-hydrogen) atoms. The number of unbranched alkanes of at least 4 members (excludes halogenated alkanes) is 1. The lowest BCUT2D eigenvalue weighted by Gasteiger charge is -2.19. The number of aliphatic hydroxyl groups excluding tert-OH is 1. The quantitative estimate of drug-likeness (QED) is 0.526. The van der Waals surface area contributed by atoms with Crippen LogP contribution in [0.4, 0.5) is 0 Å². The fraction of sp³-hybridized carbons (Fsp3) is 0.929. The van der Waals surface area contributed by atoms with E-state index in [0.29, 0.717) is 26.3 Å². The Morgan fingerprint density at radius 1 is 1.47 bits per heavy atom. The third-order valence-electron chi connectivity index (χ3n) is 3.61. The largest absolute Gasteiger partial charge is 0.469 e. The van der Waals surface area contributed by atoms with Crippen molar-refractivity contribution >= 4 is 5.97 Å². The number of nitrogens with zero attached hydrogens (tertiary/aromatic N) is 1. The molecule has 0 aromatic carbocycles. The van der Waals surface area contributed by atoms with Crippen LogP contribution in [0.15, 0.2) is 0 Å². The third-order valence-corrected chi connectivity index (χ3v) is 3.61. The summed E-state index contributed by atoms with van der Waals surface area (Å²) in [5.41, 5.74) is 0. The minimum atomic E-state index is -0.486. The van der Waals surface area contributed by atoms with E-state index in [1.54, 1.807) is 0 Å². The second kappa shape index (κ2) is 8.51. The van der Waals surface area contributed by atoms with Gasteiger partial charge in [0.15, 0.2) is 0 Å². The standard InChI is InChI=1S/C14H27NO4/c1-4-5-6-19-10-12(16)8-15-7-11(2)13(9-15)14(17)18-3/h11-13,16H,4-10H2,1-3H3. The van der Waals surface area contributed by atoms with Crippen molar-refractivity contribution in [3.05, 3.63) is 0 Å². The average Bonchev–Trinajstić information content (AvgIpc) is 2.74. The number of ether oxygens (including phenoxy) is 2. The lowest BCUT2D eigenvalue weighted by molar-refractivity contribution is -0.146. The minimum absolute atomic E-state index is 0.0711. The molecule has 1 aliphatic rings. The summed E-state index contributed by atoms with van der Waals surface area (Å²) in [4.78, 5) is 13.7. The molecule has 1 saturated heterocycles. The molecule has 5 heteroatoms. The molecular formula is C14H27NO4. The average molecular weight is 273 g/mol. The Hall–Kier alpha value is -0.650. The van der Waals surface area contributed by atoms with Crippen molar-refractivity contribution in [2.45, 2.75) is 32.8 Å². The molecular weight excluding hydrogens is 246 g/mol. The van der Waals surface area contributed by atoms with Gasteiger partial charge in [-0.15, -0.1) is 0 Å². The number of hydrogen-bond acceptors (Lipinski definition) is 5. The lowest BCUT2D eigenvalue weighted by atomic mass is 9.99. The predicted octanol–water partition coefficient (Wildman–Crippen LogP) is 0.905. The van der Waals surface area contributed by atoms with Gasteiger partial charge in [0.25, 0.3) is 0 Å². The van der Waals surface area contributed by atoms with Crippen LogP contribution < -0.4 is 0 Å². The van der Waals surface area contributed by atoms with Gasteiger partial charge in [0, 0.05) is 26.2 Å². The van der Waals surface area contributed by atoms with Crippen LogP contribution >= 0.6 is 0 Å². The van der Waals surface area contributed by atoms with Gasteiger partial charge in [0.2, 0.25) is 0 Å². The van der Waals surface area contributed by atoms with Gasteiger partial charge in [-0.05, 0) is 12.3 Å². The number of β-amino-alcohol motifs (C(OH)–C–C–N with tert-alkyl or cyclic N) is 1. The van der Waals surface area contributed by atoms with E-state index in [2.05, 4.69) is 11.8 Å². The Morgan fingerprint density at radius 2 is 2.21 bits per heavy atom. The summed E-state index contributed by atoms with van der Waals surface area (Å²) in [5.74, 6) is 0.0579. The van der Waals surface area contributed by atoms with Gasteiger partial charge in [0.05, 0.1) is 25.7 Å². The van der Waals surface area contributed by atoms with Crippen molar-refractivity contribution in [3.63, 3.8) is 0 Å². The molecule has 0 aliphatic carbocycles. The summed E-state index contributed by atoms with van der Waals surface area (Å²) in [6.45, 7) is 7.28. The Kier molecular flexibility index (Phi) is 7.34. The van der Waals surface area contributed by atoms with Gasteiger partial charge in [-0.25, -0.2) is 0 Å². The topological polar surface area (TPSA) is 59.0 Å². The molecule has 3 unspecified atom stereocenters. The number of likely N-dealkylation sites (tertiary alicyclic amines) is 1. The van der Waals surface area contributed by atoms with Crippen molar-refractivity contribution in [2.75, 3.05) is 40.0 Å². The maximum Gasteiger partial charge on any atom is 0.310 e. The molecule has 112 valence electrons. The molecule has 1 fully saturated rings. The molecule has 1 rings (SSSR count). The summed E-state index contributed by atoms with van der Waals surface area (Å²) in [5, 5.41) is 9.89. The highest BCUT2D eigenvalue weighted by atomic mass is 16.5. The lowest BCUT2D eigenvalue weighted by Crippen LogP contribution is -2.34. The minimum Gasteiger partial charge on any atom is -0.469 e. The van der Waals surface area contributed by atoms with E-state index in [1.165, 1.54) is 7.11 Å². The molecule has 1 N–H and O–H groups in total. The van der Waals surface area contributed by atoms with Crippen LogP contribution in [0.5, 0.6) is 0 Å². The normalized spacial score (nSPS) is 25.5. The van der Waals surface area contributed by atoms with Crippen LogP contribution in [0.2, 0.25) is 0 Å². The van der Waals surface area contributed by atoms with Gasteiger partial charge in [-0.3, -0.25) is 9.69 Å². The maximum absolute atomic E-state index is 11.6. The maximum atomic E-state index is 11.6. The summed E-state index contributed by atoms with van der Waals surface area (Å²) < 4.78 is 10.2. The van der Waals surface area contributed by atoms with Crippen molar-refractivity contribution in [2.24, 2.45) is 11.8 Å². The van der Waals surface area contributed by atoms with E-state index < -0.39 is 6.10 Å². The molecule has 0 spiro atoms. The van der Waals surface area contributed by atoms with E-state index in [0.717, 1.165) is 19.4 Å². The van der Waals surface area contributed by atoms with E-state index >= 15 is 0 Å². The molecule has 0 radical (unpaired) electrons. The first kappa shape index (κ1) is 16.4. The molecule has 1 heterocycles. The first-order valence-electron chi connectivity index (χ1n) is 7.14. The van der Waals surface area contributed by atoms with Crippen molar-refractivity contribution in [3.8, 4) is 0 Å². The Labute approximate surface area is 115 Å². The molecule has 5 nitrogen and oxygen atoms in total. The van der Waals surface area contributed by atoms with Gasteiger partial charge >= 0.3 is 5.97 Å². The molecule has 1 aliphatic heterocycles. The fourth-order valence-corrected chi connectivity index (χ4v) is 2.49. The van der Waals surface area contributed by atoms with Crippen LogP contribution in [-0.2, 0) is 14.3 Å². The summed E-state index contributed by atoms with van der Waals surface area (Å²) >= 11 is 0. The Morgan fingerprint density at radius 3 is 2.84 bits per heavy atom. The van der Waals surface area contributed by atoms with Crippen molar-refractivity contribution in [1.82, 2.24) is 4.90 Å². The molecule has 0 saturated carbocycles. The number of hydrogen-bond donors (Lipinski definition) is 1. The van der Waals surface area contributed by atoms with Crippen LogP contribution in [0.3, 0.4) is 0 Å². The molecule has 3 atom stereocenters. The number of methoxy groups -OCH3 is 1.